The van der Waals surface area contributed by atoms with E-state index in [1.165, 1.54) is 0 Å². The van der Waals surface area contributed by atoms with Crippen molar-refractivity contribution in [2.45, 2.75) is 13.3 Å². The van der Waals surface area contributed by atoms with Gasteiger partial charge in [-0.1, -0.05) is 5.92 Å². The van der Waals surface area contributed by atoms with Gasteiger partial charge >= 0.3 is 0 Å². The first-order valence-corrected chi connectivity index (χ1v) is 4.64. The number of rotatable bonds is 2. The number of amides is 1. The third kappa shape index (κ3) is 2.74. The summed E-state index contributed by atoms with van der Waals surface area (Å²) in [6.07, 6.45) is 1.10. The molecule has 0 bridgehead atoms. The maximum Gasteiger partial charge on any atom is 0.298 e. The Hall–Kier alpha value is -1.01. The van der Waals surface area contributed by atoms with Gasteiger partial charge in [-0.2, -0.15) is 0 Å². The van der Waals surface area contributed by atoms with Crippen molar-refractivity contribution in [3.05, 3.63) is 0 Å². The van der Waals surface area contributed by atoms with Gasteiger partial charge in [0.05, 0.1) is 0 Å². The number of hydrogen-bond donors (Lipinski definition) is 1. The topological polar surface area (TPSA) is 32.3 Å². The molecule has 0 aromatic rings. The van der Waals surface area contributed by atoms with Crippen molar-refractivity contribution >= 4 is 5.91 Å². The van der Waals surface area contributed by atoms with Gasteiger partial charge in [-0.15, -0.1) is 0 Å². The quantitative estimate of drug-likeness (QED) is 0.610. The van der Waals surface area contributed by atoms with Crippen LogP contribution in [-0.2, 0) is 4.79 Å². The van der Waals surface area contributed by atoms with Gasteiger partial charge in [0.1, 0.15) is 0 Å². The van der Waals surface area contributed by atoms with Gasteiger partial charge < -0.3 is 10.2 Å². The highest BCUT2D eigenvalue weighted by Gasteiger charge is 2.24. The summed E-state index contributed by atoms with van der Waals surface area (Å²) in [5.74, 6) is 5.78. The molecule has 1 saturated heterocycles. The predicted octanol–water partition coefficient (Wildman–Crippen LogP) is 0.0776. The lowest BCUT2D eigenvalue weighted by molar-refractivity contribution is -0.124. The van der Waals surface area contributed by atoms with Gasteiger partial charge in [-0.3, -0.25) is 4.79 Å². The maximum absolute atomic E-state index is 11.3. The van der Waals surface area contributed by atoms with Crippen LogP contribution in [0.2, 0.25) is 0 Å². The molecule has 1 aliphatic heterocycles. The fourth-order valence-corrected chi connectivity index (χ4v) is 1.66. The minimum Gasteiger partial charge on any atom is -0.332 e. The van der Waals surface area contributed by atoms with Crippen LogP contribution in [0.5, 0.6) is 0 Å². The molecule has 3 heteroatoms. The molecule has 1 aliphatic rings. The molecule has 0 saturated carbocycles. The molecule has 1 atom stereocenters. The van der Waals surface area contributed by atoms with Gasteiger partial charge in [-0.05, 0) is 38.8 Å². The van der Waals surface area contributed by atoms with E-state index in [-0.39, 0.29) is 5.91 Å². The molecule has 72 valence electrons. The average Bonchev–Trinajstić information content (AvgIpc) is 2.54. The Kier molecular flexibility index (Phi) is 3.78. The van der Waals surface area contributed by atoms with Crippen LogP contribution in [0.4, 0.5) is 0 Å². The molecule has 1 fully saturated rings. The van der Waals surface area contributed by atoms with Crippen LogP contribution in [0.1, 0.15) is 13.3 Å². The Balaban J connectivity index is 2.39. The van der Waals surface area contributed by atoms with Gasteiger partial charge in [0.2, 0.25) is 0 Å². The van der Waals surface area contributed by atoms with Crippen LogP contribution in [0, 0.1) is 17.8 Å². The number of nitrogens with zero attached hydrogens (tertiary/aromatic N) is 1. The second-order valence-corrected chi connectivity index (χ2v) is 3.34. The van der Waals surface area contributed by atoms with E-state index in [0.717, 1.165) is 26.1 Å². The second-order valence-electron chi connectivity index (χ2n) is 3.34. The normalized spacial score (nSPS) is 21.1. The van der Waals surface area contributed by atoms with Crippen molar-refractivity contribution < 1.29 is 4.79 Å². The van der Waals surface area contributed by atoms with Crippen molar-refractivity contribution in [1.29, 1.82) is 0 Å². The Morgan fingerprint density at radius 3 is 3.08 bits per heavy atom. The van der Waals surface area contributed by atoms with Crippen LogP contribution in [-0.4, -0.2) is 37.5 Å². The molecule has 1 N–H and O–H groups in total. The number of carbonyl (C=O) groups excluding carboxylic acids is 1. The maximum atomic E-state index is 11.3. The second kappa shape index (κ2) is 4.88. The van der Waals surface area contributed by atoms with Crippen molar-refractivity contribution in [1.82, 2.24) is 10.2 Å². The molecule has 0 aromatic heterocycles. The molecule has 1 unspecified atom stereocenters. The number of carbonyl (C=O) groups is 1. The fraction of sp³-hybridized carbons (Fsp3) is 0.700. The summed E-state index contributed by atoms with van der Waals surface area (Å²) in [4.78, 5) is 13.2. The third-order valence-corrected chi connectivity index (χ3v) is 2.30. The molecule has 0 spiro atoms. The van der Waals surface area contributed by atoms with E-state index in [2.05, 4.69) is 17.2 Å². The van der Waals surface area contributed by atoms with Gasteiger partial charge in [0, 0.05) is 13.1 Å². The number of nitrogens with one attached hydrogen (secondary N) is 1. The molecule has 0 radical (unpaired) electrons. The lowest BCUT2D eigenvalue weighted by Gasteiger charge is -2.12. The van der Waals surface area contributed by atoms with E-state index in [0.29, 0.717) is 5.92 Å². The highest BCUT2D eigenvalue weighted by Crippen LogP contribution is 2.14. The Bertz CT molecular complexity index is 239. The SMILES string of the molecule is CC#CC(=O)N1CCC(CNC)C1. The minimum atomic E-state index is -0.0268. The van der Waals surface area contributed by atoms with Crippen molar-refractivity contribution in [3.8, 4) is 11.8 Å². The van der Waals surface area contributed by atoms with Crippen LogP contribution in [0.25, 0.3) is 0 Å². The smallest absolute Gasteiger partial charge is 0.298 e. The first kappa shape index (κ1) is 10.1. The summed E-state index contributed by atoms with van der Waals surface area (Å²) in [5.41, 5.74) is 0. The largest absolute Gasteiger partial charge is 0.332 e. The lowest BCUT2D eigenvalue weighted by atomic mass is 10.1. The minimum absolute atomic E-state index is 0.0268. The van der Waals surface area contributed by atoms with E-state index in [4.69, 9.17) is 0 Å². The van der Waals surface area contributed by atoms with E-state index in [1.807, 2.05) is 11.9 Å². The van der Waals surface area contributed by atoms with Crippen LogP contribution < -0.4 is 5.32 Å². The number of likely N-dealkylation sites (tertiary alicyclic amines) is 1. The summed E-state index contributed by atoms with van der Waals surface area (Å²) in [6, 6.07) is 0. The zero-order chi connectivity index (χ0) is 9.68. The predicted molar refractivity (Wildman–Crippen MR) is 52.1 cm³/mol. The highest BCUT2D eigenvalue weighted by atomic mass is 16.2. The summed E-state index contributed by atoms with van der Waals surface area (Å²) in [6.45, 7) is 4.40. The zero-order valence-corrected chi connectivity index (χ0v) is 8.26. The van der Waals surface area contributed by atoms with E-state index >= 15 is 0 Å². The molecule has 1 heterocycles. The first-order chi connectivity index (χ1) is 6.27. The summed E-state index contributed by atoms with van der Waals surface area (Å²) >= 11 is 0. The fourth-order valence-electron chi connectivity index (χ4n) is 1.66. The van der Waals surface area contributed by atoms with Gasteiger partial charge in [0.15, 0.2) is 0 Å². The van der Waals surface area contributed by atoms with Crippen LogP contribution in [0.3, 0.4) is 0 Å². The molecule has 0 aliphatic carbocycles. The first-order valence-electron chi connectivity index (χ1n) is 4.64. The molecule has 1 amide bonds. The Labute approximate surface area is 79.5 Å². The summed E-state index contributed by atoms with van der Waals surface area (Å²) in [5, 5.41) is 3.13. The van der Waals surface area contributed by atoms with E-state index in [1.54, 1.807) is 6.92 Å². The van der Waals surface area contributed by atoms with Crippen molar-refractivity contribution in [2.24, 2.45) is 5.92 Å². The Morgan fingerprint density at radius 2 is 2.46 bits per heavy atom. The van der Waals surface area contributed by atoms with E-state index < -0.39 is 0 Å². The monoisotopic (exact) mass is 180 g/mol. The molecular formula is C10H16N2O. The standard InChI is InChI=1S/C10H16N2O/c1-3-4-10(13)12-6-5-9(8-12)7-11-2/h9,11H,5-8H2,1-2H3. The lowest BCUT2D eigenvalue weighted by Crippen LogP contribution is -2.29. The van der Waals surface area contributed by atoms with Crippen molar-refractivity contribution in [3.63, 3.8) is 0 Å². The van der Waals surface area contributed by atoms with Gasteiger partial charge in [0.25, 0.3) is 5.91 Å². The molecule has 13 heavy (non-hydrogen) atoms. The highest BCUT2D eigenvalue weighted by molar-refractivity contribution is 5.93. The third-order valence-electron chi connectivity index (χ3n) is 2.30. The van der Waals surface area contributed by atoms with Gasteiger partial charge in [-0.25, -0.2) is 0 Å². The van der Waals surface area contributed by atoms with Crippen LogP contribution in [0.15, 0.2) is 0 Å². The molecule has 0 aromatic carbocycles. The number of hydrogen-bond acceptors (Lipinski definition) is 2. The zero-order valence-electron chi connectivity index (χ0n) is 8.26. The molecular weight excluding hydrogens is 164 g/mol. The summed E-state index contributed by atoms with van der Waals surface area (Å²) in [7, 11) is 1.94. The molecule has 3 nitrogen and oxygen atoms in total. The average molecular weight is 180 g/mol. The van der Waals surface area contributed by atoms with Crippen molar-refractivity contribution in [2.75, 3.05) is 26.7 Å². The molecule has 1 rings (SSSR count). The van der Waals surface area contributed by atoms with Crippen LogP contribution >= 0.6 is 0 Å². The van der Waals surface area contributed by atoms with E-state index in [9.17, 15) is 4.79 Å². The summed E-state index contributed by atoms with van der Waals surface area (Å²) < 4.78 is 0. The Morgan fingerprint density at radius 1 is 1.69 bits per heavy atom.